The molecule has 0 bridgehead atoms. The molecule has 1 aromatic carbocycles. The Morgan fingerprint density at radius 3 is 2.15 bits per heavy atom. The van der Waals surface area contributed by atoms with Crippen LogP contribution in [0.5, 0.6) is 0 Å². The third kappa shape index (κ3) is 7.12. The number of rotatable bonds is 6. The van der Waals surface area contributed by atoms with Crippen molar-refractivity contribution < 1.29 is 45.8 Å². The van der Waals surface area contributed by atoms with Crippen molar-refractivity contribution in [2.45, 2.75) is 69.7 Å². The molecule has 3 aliphatic heterocycles. The average Bonchev–Trinajstić information content (AvgIpc) is 3.38. The molecule has 0 radical (unpaired) electrons. The first kappa shape index (κ1) is 30.2. The summed E-state index contributed by atoms with van der Waals surface area (Å²) in [6, 6.07) is 5.88. The predicted octanol–water partition coefficient (Wildman–Crippen LogP) is 4.26. The van der Waals surface area contributed by atoms with Gasteiger partial charge in [-0.1, -0.05) is 12.1 Å². The first-order valence-corrected chi connectivity index (χ1v) is 13.4. The first-order chi connectivity index (χ1) is 18.7. The number of aliphatic carboxylic acids is 1. The van der Waals surface area contributed by atoms with Crippen molar-refractivity contribution in [1.29, 1.82) is 0 Å². The lowest BCUT2D eigenvalue weighted by Crippen LogP contribution is -2.52. The van der Waals surface area contributed by atoms with Crippen molar-refractivity contribution in [3.63, 3.8) is 0 Å². The molecule has 3 fully saturated rings. The maximum atomic E-state index is 12.8. The molecule has 0 aromatic heterocycles. The molecule has 224 valence electrons. The number of anilines is 1. The first-order valence-electron chi connectivity index (χ1n) is 13.4. The van der Waals surface area contributed by atoms with Crippen molar-refractivity contribution in [3.8, 4) is 0 Å². The van der Waals surface area contributed by atoms with Crippen LogP contribution in [0.1, 0.15) is 36.8 Å². The van der Waals surface area contributed by atoms with E-state index in [9.17, 15) is 41.0 Å². The van der Waals surface area contributed by atoms with E-state index >= 15 is 0 Å². The van der Waals surface area contributed by atoms with Crippen molar-refractivity contribution in [2.75, 3.05) is 50.7 Å². The Balaban J connectivity index is 1.33. The van der Waals surface area contributed by atoms with Gasteiger partial charge in [-0.25, -0.2) is 4.79 Å². The minimum Gasteiger partial charge on any atom is -0.480 e. The molecule has 1 aromatic rings. The molecule has 1 unspecified atom stereocenters. The van der Waals surface area contributed by atoms with Gasteiger partial charge >= 0.3 is 24.4 Å². The van der Waals surface area contributed by atoms with Gasteiger partial charge in [0.15, 0.2) is 0 Å². The smallest absolute Gasteiger partial charge is 0.434 e. The maximum Gasteiger partial charge on any atom is 0.434 e. The summed E-state index contributed by atoms with van der Waals surface area (Å²) < 4.78 is 80.4. The Kier molecular flexibility index (Phi) is 9.08. The molecular weight excluding hydrogens is 546 g/mol. The molecule has 14 heteroatoms. The Bertz CT molecular complexity index is 1040. The van der Waals surface area contributed by atoms with Crippen LogP contribution in [-0.4, -0.2) is 108 Å². The van der Waals surface area contributed by atoms with Crippen LogP contribution in [0.4, 0.5) is 36.8 Å². The van der Waals surface area contributed by atoms with Gasteiger partial charge in [0.1, 0.15) is 6.04 Å². The number of halogens is 6. The van der Waals surface area contributed by atoms with Gasteiger partial charge in [0, 0.05) is 57.5 Å². The van der Waals surface area contributed by atoms with E-state index in [-0.39, 0.29) is 32.2 Å². The van der Waals surface area contributed by atoms with Gasteiger partial charge in [-0.2, -0.15) is 26.3 Å². The van der Waals surface area contributed by atoms with Crippen molar-refractivity contribution >= 4 is 17.7 Å². The minimum atomic E-state index is -5.75. The van der Waals surface area contributed by atoms with E-state index in [1.807, 2.05) is 24.0 Å². The Morgan fingerprint density at radius 2 is 1.57 bits per heavy atom. The van der Waals surface area contributed by atoms with E-state index in [1.165, 1.54) is 0 Å². The number of carboxylic acids is 1. The standard InChI is InChI=1S/C26H34F6N4O4/c1-17-4-5-18(21(15-17)34-9-6-19(7-10-34)36-8-2-3-20(36)22(37)38)16-33-11-13-35(14-12-33)24(39)40-23(25(27,28)29)26(30,31)32/h4-5,15,19-20,23H,2-3,6-14,16H2,1H3,(H,37,38). The lowest BCUT2D eigenvalue weighted by Gasteiger charge is -2.40. The number of carbonyl (C=O) groups is 2. The van der Waals surface area contributed by atoms with Crippen LogP contribution in [-0.2, 0) is 16.1 Å². The van der Waals surface area contributed by atoms with Gasteiger partial charge < -0.3 is 19.6 Å². The molecule has 3 heterocycles. The Hall–Kier alpha value is -2.74. The van der Waals surface area contributed by atoms with Gasteiger partial charge in [0.25, 0.3) is 6.10 Å². The van der Waals surface area contributed by atoms with E-state index < -0.39 is 36.6 Å². The summed E-state index contributed by atoms with van der Waals surface area (Å²) in [6.07, 6.45) is -14.1. The number of carbonyl (C=O) groups excluding carboxylic acids is 1. The summed E-state index contributed by atoms with van der Waals surface area (Å²) in [7, 11) is 0. The monoisotopic (exact) mass is 580 g/mol. The van der Waals surface area contributed by atoms with E-state index in [1.54, 1.807) is 0 Å². The number of piperazine rings is 1. The number of hydrogen-bond donors (Lipinski definition) is 1. The number of hydrogen-bond acceptors (Lipinski definition) is 6. The highest BCUT2D eigenvalue weighted by Crippen LogP contribution is 2.36. The molecule has 1 amide bonds. The molecule has 4 rings (SSSR count). The quantitative estimate of drug-likeness (QED) is 0.504. The number of carboxylic acid groups (broad SMARTS) is 1. The zero-order valence-corrected chi connectivity index (χ0v) is 22.2. The van der Waals surface area contributed by atoms with E-state index in [4.69, 9.17) is 0 Å². The second-order valence-corrected chi connectivity index (χ2v) is 10.7. The fraction of sp³-hybridized carbons (Fsp3) is 0.692. The Morgan fingerprint density at radius 1 is 0.950 bits per heavy atom. The fourth-order valence-electron chi connectivity index (χ4n) is 5.86. The van der Waals surface area contributed by atoms with Gasteiger partial charge in [-0.15, -0.1) is 0 Å². The molecule has 0 spiro atoms. The zero-order chi connectivity index (χ0) is 29.2. The van der Waals surface area contributed by atoms with Crippen LogP contribution in [0.3, 0.4) is 0 Å². The van der Waals surface area contributed by atoms with Gasteiger partial charge in [-0.05, 0) is 56.3 Å². The molecule has 1 N–H and O–H groups in total. The third-order valence-corrected chi connectivity index (χ3v) is 7.93. The van der Waals surface area contributed by atoms with E-state index in [0.29, 0.717) is 13.0 Å². The van der Waals surface area contributed by atoms with Crippen LogP contribution in [0.25, 0.3) is 0 Å². The zero-order valence-electron chi connectivity index (χ0n) is 22.2. The van der Waals surface area contributed by atoms with Crippen LogP contribution < -0.4 is 4.90 Å². The molecule has 3 saturated heterocycles. The summed E-state index contributed by atoms with van der Waals surface area (Å²) in [5.74, 6) is -0.769. The number of aryl methyl sites for hydroxylation is 1. The summed E-state index contributed by atoms with van der Waals surface area (Å²) in [5, 5.41) is 9.54. The van der Waals surface area contributed by atoms with E-state index in [0.717, 1.165) is 60.6 Å². The second kappa shape index (κ2) is 12.0. The predicted molar refractivity (Wildman–Crippen MR) is 133 cm³/mol. The van der Waals surface area contributed by atoms with Crippen molar-refractivity contribution in [3.05, 3.63) is 29.3 Å². The molecule has 0 aliphatic carbocycles. The number of piperidine rings is 1. The van der Waals surface area contributed by atoms with Crippen LogP contribution >= 0.6 is 0 Å². The van der Waals surface area contributed by atoms with Crippen LogP contribution in [0.2, 0.25) is 0 Å². The number of nitrogens with zero attached hydrogens (tertiary/aromatic N) is 4. The van der Waals surface area contributed by atoms with Crippen LogP contribution in [0.15, 0.2) is 18.2 Å². The summed E-state index contributed by atoms with van der Waals surface area (Å²) in [6.45, 7) is 5.22. The largest absolute Gasteiger partial charge is 0.480 e. The molecule has 8 nitrogen and oxygen atoms in total. The maximum absolute atomic E-state index is 12.8. The van der Waals surface area contributed by atoms with Crippen molar-refractivity contribution in [1.82, 2.24) is 14.7 Å². The lowest BCUT2D eigenvalue weighted by atomic mass is 9.99. The second-order valence-electron chi connectivity index (χ2n) is 10.7. The number of likely N-dealkylation sites (tertiary alicyclic amines) is 1. The Labute approximate surface area is 228 Å². The topological polar surface area (TPSA) is 76.6 Å². The molecule has 0 saturated carbocycles. The normalized spacial score (nSPS) is 22.2. The van der Waals surface area contributed by atoms with Gasteiger partial charge in [0.05, 0.1) is 0 Å². The highest BCUT2D eigenvalue weighted by Gasteiger charge is 2.60. The molecular formula is C26H34F6N4O4. The van der Waals surface area contributed by atoms with Gasteiger partial charge in [0.2, 0.25) is 0 Å². The summed E-state index contributed by atoms with van der Waals surface area (Å²) in [5.41, 5.74) is 3.15. The van der Waals surface area contributed by atoms with E-state index in [2.05, 4.69) is 20.6 Å². The minimum absolute atomic E-state index is 0.0611. The fourth-order valence-corrected chi connectivity index (χ4v) is 5.86. The molecule has 3 aliphatic rings. The van der Waals surface area contributed by atoms with Crippen molar-refractivity contribution in [2.24, 2.45) is 0 Å². The molecule has 40 heavy (non-hydrogen) atoms. The summed E-state index contributed by atoms with van der Waals surface area (Å²) >= 11 is 0. The SMILES string of the molecule is Cc1ccc(CN2CCN(C(=O)OC(C(F)(F)F)C(F)(F)F)CC2)c(N2CCC(N3CCCC3C(=O)O)CC2)c1. The van der Waals surface area contributed by atoms with Gasteiger partial charge in [-0.3, -0.25) is 14.6 Å². The lowest BCUT2D eigenvalue weighted by molar-refractivity contribution is -0.308. The number of benzene rings is 1. The third-order valence-electron chi connectivity index (χ3n) is 7.93. The highest BCUT2D eigenvalue weighted by atomic mass is 19.4. The average molecular weight is 581 g/mol. The number of ether oxygens (including phenoxy) is 1. The van der Waals surface area contributed by atoms with Crippen LogP contribution in [0, 0.1) is 6.92 Å². The highest BCUT2D eigenvalue weighted by molar-refractivity contribution is 5.74. The number of alkyl halides is 6. The molecule has 1 atom stereocenters. The summed E-state index contributed by atoms with van der Waals surface area (Å²) in [4.78, 5) is 31.0. The number of amides is 1.